The molecule has 0 aliphatic heterocycles. The highest BCUT2D eigenvalue weighted by Crippen LogP contribution is 2.38. The van der Waals surface area contributed by atoms with Crippen molar-refractivity contribution in [3.63, 3.8) is 0 Å². The van der Waals surface area contributed by atoms with Gasteiger partial charge in [-0.15, -0.1) is 5.54 Å². The maximum Gasteiger partial charge on any atom is 0.483 e. The molecule has 0 heterocycles. The molecule has 0 unspecified atom stereocenters. The van der Waals surface area contributed by atoms with E-state index in [9.17, 15) is 10.0 Å². The lowest BCUT2D eigenvalue weighted by atomic mass is 9.78. The van der Waals surface area contributed by atoms with Crippen LogP contribution in [0.15, 0.2) is 11.5 Å². The third kappa shape index (κ3) is 7.36. The topological polar surface area (TPSA) is 49.7 Å². The lowest BCUT2D eigenvalue weighted by Crippen LogP contribution is -2.45. The average molecular weight is 397 g/mol. The number of allylic oxidation sites excluding steroid dienone is 1. The van der Waals surface area contributed by atoms with E-state index in [1.54, 1.807) is 6.92 Å². The predicted octanol–water partition coefficient (Wildman–Crippen LogP) is 5.02. The molecule has 2 N–H and O–H groups in total. The van der Waals surface area contributed by atoms with Crippen LogP contribution in [0.1, 0.15) is 55.4 Å². The molecule has 0 rings (SSSR count). The Kier molecular flexibility index (Phi) is 10.2. The Bertz CT molecular complexity index is 515. The first-order chi connectivity index (χ1) is 11.7. The molecule has 0 aromatic heterocycles. The first-order valence-corrected chi connectivity index (χ1v) is 15.5. The van der Waals surface area contributed by atoms with Crippen LogP contribution in [-0.4, -0.2) is 39.7 Å². The zero-order chi connectivity index (χ0) is 20.8. The molecule has 0 fully saturated rings. The lowest BCUT2D eigenvalue weighted by molar-refractivity contribution is 0.198. The van der Waals surface area contributed by atoms with Gasteiger partial charge in [-0.05, 0) is 48.7 Å². The Labute approximate surface area is 164 Å². The van der Waals surface area contributed by atoms with Crippen molar-refractivity contribution in [1.82, 2.24) is 0 Å². The normalized spacial score (nSPS) is 15.9. The minimum absolute atomic E-state index is 0.00990. The van der Waals surface area contributed by atoms with Crippen LogP contribution in [0, 0.1) is 17.4 Å². The minimum atomic E-state index is -1.98. The van der Waals surface area contributed by atoms with Crippen molar-refractivity contribution in [3.05, 3.63) is 11.5 Å². The van der Waals surface area contributed by atoms with Gasteiger partial charge in [0, 0.05) is 5.92 Å². The van der Waals surface area contributed by atoms with E-state index in [0.717, 1.165) is 0 Å². The number of rotatable bonds is 8. The second-order valence-electron chi connectivity index (χ2n) is 9.05. The van der Waals surface area contributed by atoms with Crippen LogP contribution in [0.5, 0.6) is 0 Å². The maximum atomic E-state index is 9.41. The average Bonchev–Trinajstić information content (AvgIpc) is 2.53. The standard InChI is InChI=1S/C20H41BO3Si2/c1-11-26(12-2,13-3)15-14-19(17(4)16-18(5)21(22)23)24-25(9,10)20(6,7)8/h16-17,19,22-23H,11-13H2,1-10H3/b18-16+/t17-,19-/m1/s1. The van der Waals surface area contributed by atoms with E-state index in [-0.39, 0.29) is 17.1 Å². The zero-order valence-corrected chi connectivity index (χ0v) is 20.7. The quantitative estimate of drug-likeness (QED) is 0.447. The van der Waals surface area contributed by atoms with Crippen LogP contribution >= 0.6 is 0 Å². The van der Waals surface area contributed by atoms with Gasteiger partial charge in [-0.2, -0.15) is 0 Å². The summed E-state index contributed by atoms with van der Waals surface area (Å²) in [6.07, 6.45) is 1.69. The summed E-state index contributed by atoms with van der Waals surface area (Å²) in [5.41, 5.74) is 4.22. The molecule has 0 saturated heterocycles. The van der Waals surface area contributed by atoms with E-state index < -0.39 is 23.5 Å². The minimum Gasteiger partial charge on any atom is -0.423 e. The summed E-state index contributed by atoms with van der Waals surface area (Å²) in [7, 11) is -4.95. The summed E-state index contributed by atoms with van der Waals surface area (Å²) in [4.78, 5) is 0. The van der Waals surface area contributed by atoms with Crippen molar-refractivity contribution in [1.29, 1.82) is 0 Å². The Hall–Kier alpha value is -0.321. The fourth-order valence-corrected chi connectivity index (χ4v) is 6.33. The van der Waals surface area contributed by atoms with Crippen LogP contribution in [0.2, 0.25) is 36.3 Å². The smallest absolute Gasteiger partial charge is 0.423 e. The molecule has 150 valence electrons. The van der Waals surface area contributed by atoms with Crippen molar-refractivity contribution in [2.75, 3.05) is 0 Å². The maximum absolute atomic E-state index is 9.41. The summed E-state index contributed by atoms with van der Waals surface area (Å²) in [6.45, 7) is 21.8. The van der Waals surface area contributed by atoms with E-state index in [1.165, 1.54) is 18.1 Å². The third-order valence-electron chi connectivity index (χ3n) is 6.15. The van der Waals surface area contributed by atoms with Crippen LogP contribution < -0.4 is 0 Å². The van der Waals surface area contributed by atoms with Crippen molar-refractivity contribution in [3.8, 4) is 11.5 Å². The predicted molar refractivity (Wildman–Crippen MR) is 120 cm³/mol. The molecule has 0 aliphatic rings. The van der Waals surface area contributed by atoms with Gasteiger partial charge >= 0.3 is 7.12 Å². The molecule has 26 heavy (non-hydrogen) atoms. The third-order valence-corrected chi connectivity index (χ3v) is 15.3. The van der Waals surface area contributed by atoms with E-state index in [4.69, 9.17) is 4.43 Å². The van der Waals surface area contributed by atoms with E-state index in [0.29, 0.717) is 5.47 Å². The zero-order valence-electron chi connectivity index (χ0n) is 18.7. The highest BCUT2D eigenvalue weighted by atomic mass is 28.4. The van der Waals surface area contributed by atoms with Crippen molar-refractivity contribution >= 4 is 23.5 Å². The highest BCUT2D eigenvalue weighted by molar-refractivity contribution is 6.87. The summed E-state index contributed by atoms with van der Waals surface area (Å²) in [5, 5.41) is 18.9. The Morgan fingerprint density at radius 2 is 1.58 bits per heavy atom. The molecule has 2 atom stereocenters. The molecule has 6 heteroatoms. The Balaban J connectivity index is 5.89. The summed E-state index contributed by atoms with van der Waals surface area (Å²) in [5.74, 6) is 3.51. The second-order valence-corrected chi connectivity index (χ2v) is 18.7. The Morgan fingerprint density at radius 1 is 1.12 bits per heavy atom. The molecule has 0 spiro atoms. The van der Waals surface area contributed by atoms with Gasteiger partial charge in [0.2, 0.25) is 0 Å². The SMILES string of the molecule is CC[Si](C#C[C@@H](O[Si](C)(C)C(C)(C)C)[C@H](C)/C=C(\C)B(O)O)(CC)CC. The van der Waals surface area contributed by atoms with E-state index in [1.807, 2.05) is 6.08 Å². The molecule has 0 saturated carbocycles. The summed E-state index contributed by atoms with van der Waals surface area (Å²) < 4.78 is 6.65. The molecule has 0 aromatic rings. The van der Waals surface area contributed by atoms with Gasteiger partial charge in [0.15, 0.2) is 8.32 Å². The van der Waals surface area contributed by atoms with Crippen LogP contribution in [0.3, 0.4) is 0 Å². The lowest BCUT2D eigenvalue weighted by Gasteiger charge is -2.39. The van der Waals surface area contributed by atoms with E-state index in [2.05, 4.69) is 73.0 Å². The van der Waals surface area contributed by atoms with Gasteiger partial charge in [-0.25, -0.2) is 0 Å². The summed E-state index contributed by atoms with van der Waals surface area (Å²) >= 11 is 0. The van der Waals surface area contributed by atoms with Gasteiger partial charge < -0.3 is 14.5 Å². The molecular weight excluding hydrogens is 355 g/mol. The Morgan fingerprint density at radius 3 is 1.92 bits per heavy atom. The largest absolute Gasteiger partial charge is 0.483 e. The van der Waals surface area contributed by atoms with Crippen LogP contribution in [0.25, 0.3) is 0 Å². The number of hydrogen-bond donors (Lipinski definition) is 2. The highest BCUT2D eigenvalue weighted by Gasteiger charge is 2.40. The fraction of sp³-hybridized carbons (Fsp3) is 0.800. The van der Waals surface area contributed by atoms with Gasteiger partial charge in [-0.1, -0.05) is 60.5 Å². The first kappa shape index (κ1) is 25.7. The van der Waals surface area contributed by atoms with Crippen LogP contribution in [0.4, 0.5) is 0 Å². The molecule has 0 bridgehead atoms. The monoisotopic (exact) mass is 396 g/mol. The number of hydrogen-bond acceptors (Lipinski definition) is 3. The van der Waals surface area contributed by atoms with Gasteiger partial charge in [0.1, 0.15) is 14.2 Å². The first-order valence-electron chi connectivity index (χ1n) is 10.00. The molecule has 0 amide bonds. The van der Waals surface area contributed by atoms with E-state index >= 15 is 0 Å². The van der Waals surface area contributed by atoms with Gasteiger partial charge in [0.05, 0.1) is 0 Å². The second kappa shape index (κ2) is 10.3. The van der Waals surface area contributed by atoms with Crippen molar-refractivity contribution in [2.45, 2.75) is 97.8 Å². The molecule has 0 radical (unpaired) electrons. The summed E-state index contributed by atoms with van der Waals surface area (Å²) in [6, 6.07) is 3.50. The van der Waals surface area contributed by atoms with Gasteiger partial charge in [0.25, 0.3) is 0 Å². The van der Waals surface area contributed by atoms with Crippen molar-refractivity contribution in [2.24, 2.45) is 5.92 Å². The molecule has 3 nitrogen and oxygen atoms in total. The van der Waals surface area contributed by atoms with Crippen molar-refractivity contribution < 1.29 is 14.5 Å². The molecule has 0 aliphatic carbocycles. The van der Waals surface area contributed by atoms with Crippen LogP contribution in [-0.2, 0) is 4.43 Å². The molecule has 0 aromatic carbocycles. The van der Waals surface area contributed by atoms with Gasteiger partial charge in [-0.3, -0.25) is 0 Å². The fourth-order valence-electron chi connectivity index (χ4n) is 2.59. The molecular formula is C20H41BO3Si2.